The zero-order valence-corrected chi connectivity index (χ0v) is 30.1. The van der Waals surface area contributed by atoms with Gasteiger partial charge in [-0.05, 0) is 27.7 Å². The monoisotopic (exact) mass is 652 g/mol. The number of nitrogens with one attached hydrogen (secondary N) is 2. The zero-order valence-electron chi connectivity index (χ0n) is 25.2. The topological polar surface area (TPSA) is 236 Å². The molecule has 0 bridgehead atoms. The summed E-state index contributed by atoms with van der Waals surface area (Å²) >= 11 is 0. The molecule has 3 heterocycles. The van der Waals surface area contributed by atoms with Crippen LogP contribution in [0.25, 0.3) is 11.2 Å². The third kappa shape index (κ3) is 9.28. The van der Waals surface area contributed by atoms with Crippen LogP contribution in [0.2, 0.25) is 0 Å². The molecule has 0 aliphatic carbocycles. The molecular formula is C25H31N6Na2O10P. The normalized spacial score (nSPS) is 21.9. The van der Waals surface area contributed by atoms with Gasteiger partial charge < -0.3 is 39.3 Å². The number of nitrogen functional groups attached to an aromatic ring is 1. The van der Waals surface area contributed by atoms with Crippen molar-refractivity contribution in [1.29, 1.82) is 0 Å². The summed E-state index contributed by atoms with van der Waals surface area (Å²) in [5.74, 6) is -3.15. The molecule has 1 aromatic carbocycles. The second-order valence-electron chi connectivity index (χ2n) is 10.0. The minimum Gasteiger partial charge on any atom is -0.766 e. The number of carbonyl (C=O) groups excluding carboxylic acids is 2. The molecule has 1 aliphatic heterocycles. The first-order valence-electron chi connectivity index (χ1n) is 13.0. The molecule has 2 aromatic heterocycles. The van der Waals surface area contributed by atoms with E-state index in [1.165, 1.54) is 35.2 Å². The predicted molar refractivity (Wildman–Crippen MR) is 143 cm³/mol. The quantitative estimate of drug-likeness (QED) is 0.0674. The molecule has 44 heavy (non-hydrogen) atoms. The zero-order chi connectivity index (χ0) is 30.8. The Morgan fingerprint density at radius 1 is 1.14 bits per heavy atom. The van der Waals surface area contributed by atoms with Crippen molar-refractivity contribution in [2.45, 2.75) is 70.5 Å². The minimum absolute atomic E-state index is 0. The first-order chi connectivity index (χ1) is 19.8. The van der Waals surface area contributed by atoms with Gasteiger partial charge in [-0.3, -0.25) is 23.7 Å². The second-order valence-corrected chi connectivity index (χ2v) is 11.6. The van der Waals surface area contributed by atoms with Crippen LogP contribution in [0.3, 0.4) is 0 Å². The number of rotatable bonds is 13. The fourth-order valence-corrected chi connectivity index (χ4v) is 5.44. The van der Waals surface area contributed by atoms with E-state index in [-0.39, 0.29) is 94.0 Å². The number of H-pyrrole nitrogens is 1. The Morgan fingerprint density at radius 2 is 1.75 bits per heavy atom. The number of carboxylic acids is 1. The van der Waals surface area contributed by atoms with Crippen LogP contribution >= 0.6 is 7.75 Å². The summed E-state index contributed by atoms with van der Waals surface area (Å²) in [6, 6.07) is 5.03. The Hall–Kier alpha value is -1.50. The molecule has 1 fully saturated rings. The van der Waals surface area contributed by atoms with Gasteiger partial charge in [0.2, 0.25) is 13.7 Å². The van der Waals surface area contributed by atoms with Crippen LogP contribution in [0.4, 0.5) is 5.95 Å². The average molecular weight is 653 g/mol. The molecule has 228 valence electrons. The van der Waals surface area contributed by atoms with Crippen molar-refractivity contribution in [1.82, 2.24) is 24.6 Å². The number of ketones is 1. The molecular weight excluding hydrogens is 621 g/mol. The third-order valence-electron chi connectivity index (χ3n) is 6.12. The number of anilines is 1. The summed E-state index contributed by atoms with van der Waals surface area (Å²) in [6.07, 6.45) is -3.27. The smallest absolute Gasteiger partial charge is 0.766 e. The van der Waals surface area contributed by atoms with E-state index in [1.807, 2.05) is 0 Å². The van der Waals surface area contributed by atoms with Gasteiger partial charge >= 0.3 is 59.1 Å². The fourth-order valence-electron chi connectivity index (χ4n) is 4.49. The van der Waals surface area contributed by atoms with Gasteiger partial charge in [-0.1, -0.05) is 30.3 Å². The Bertz CT molecular complexity index is 1540. The van der Waals surface area contributed by atoms with E-state index in [4.69, 9.17) is 24.5 Å². The summed E-state index contributed by atoms with van der Waals surface area (Å²) in [4.78, 5) is 60.1. The number of aromatic nitrogens is 4. The summed E-state index contributed by atoms with van der Waals surface area (Å²) in [6.45, 7) is 6.42. The molecule has 1 aliphatic rings. The molecule has 0 amide bonds. The number of ether oxygens (including phenoxy) is 3. The SMILES string of the molecule is CC(C)O[C@@H]1[C@H](OC(C)C)[C@@H](COP(=O)([O-])NC(C(=O)[O-])C(=O)c2ccccc2)O[C@H]1n1cnc2c(=O)[nH]c(N)nc21.[Na+].[Na+]. The standard InChI is InChI=1S/C25H33N6O10P.2Na/c1-12(2)39-19-15(10-38-42(36,37)30-16(24(34)35)18(32)14-8-6-5-7-9-14)41-23(20(19)40-13(3)4)31-11-27-17-21(31)28-25(26)29-22(17)33;;/h5-9,11-13,15-16,19-20,23H,10H2,1-4H3,(H,34,35)(H2,30,36,37)(H3,26,28,29,33);;/q;2*+1/p-2/t15-,16?,19-,20-,23-;;/m1../s1. The van der Waals surface area contributed by atoms with Gasteiger partial charge in [-0.2, -0.15) is 4.98 Å². The van der Waals surface area contributed by atoms with E-state index in [9.17, 15) is 28.9 Å². The number of nitrogens with zero attached hydrogens (tertiary/aromatic N) is 3. The minimum atomic E-state index is -5.18. The van der Waals surface area contributed by atoms with Crippen LogP contribution in [0.1, 0.15) is 44.3 Å². The maximum absolute atomic E-state index is 12.8. The van der Waals surface area contributed by atoms with Gasteiger partial charge in [0, 0.05) is 5.56 Å². The number of aliphatic carboxylic acids is 1. The Balaban J connectivity index is 0.00000337. The van der Waals surface area contributed by atoms with Crippen LogP contribution in [0.5, 0.6) is 0 Å². The van der Waals surface area contributed by atoms with Gasteiger partial charge in [0.15, 0.2) is 23.2 Å². The van der Waals surface area contributed by atoms with Crippen LogP contribution in [-0.2, 0) is 28.1 Å². The number of benzene rings is 1. The molecule has 6 atom stereocenters. The molecule has 19 heteroatoms. The first-order valence-corrected chi connectivity index (χ1v) is 14.5. The number of carboxylic acid groups (broad SMARTS) is 1. The first kappa shape index (κ1) is 38.7. The van der Waals surface area contributed by atoms with Gasteiger partial charge in [0.1, 0.15) is 24.4 Å². The number of fused-ring (bicyclic) bond motifs is 1. The van der Waals surface area contributed by atoms with E-state index in [0.29, 0.717) is 0 Å². The van der Waals surface area contributed by atoms with Gasteiger partial charge in [0.25, 0.3) is 5.56 Å². The van der Waals surface area contributed by atoms with E-state index < -0.39 is 62.2 Å². The van der Waals surface area contributed by atoms with Crippen LogP contribution in [0.15, 0.2) is 41.5 Å². The Morgan fingerprint density at radius 3 is 2.34 bits per heavy atom. The Kier molecular flexibility index (Phi) is 14.4. The summed E-state index contributed by atoms with van der Waals surface area (Å²) in [5.41, 5.74) is 5.20. The van der Waals surface area contributed by atoms with Crippen LogP contribution < -0.4 is 85.5 Å². The molecule has 0 radical (unpaired) electrons. The number of nitrogens with two attached hydrogens (primary N) is 1. The maximum Gasteiger partial charge on any atom is 1.00 e. The van der Waals surface area contributed by atoms with Crippen molar-refractivity contribution < 1.29 is 102 Å². The molecule has 2 unspecified atom stereocenters. The average Bonchev–Trinajstić information content (AvgIpc) is 3.47. The number of imidazole rings is 1. The summed E-state index contributed by atoms with van der Waals surface area (Å²) in [7, 11) is -5.18. The van der Waals surface area contributed by atoms with Crippen molar-refractivity contribution in [3.05, 3.63) is 52.6 Å². The van der Waals surface area contributed by atoms with E-state index >= 15 is 0 Å². The number of Topliss-reactive ketones (excluding diaryl/α,β-unsaturated/α-hetero) is 1. The third-order valence-corrected chi connectivity index (χ3v) is 7.18. The summed E-state index contributed by atoms with van der Waals surface area (Å²) < 4.78 is 37.7. The summed E-state index contributed by atoms with van der Waals surface area (Å²) in [5, 5.41) is 13.4. The van der Waals surface area contributed by atoms with Crippen molar-refractivity contribution in [3.63, 3.8) is 0 Å². The van der Waals surface area contributed by atoms with Gasteiger partial charge in [-0.25, -0.2) is 10.1 Å². The fraction of sp³-hybridized carbons (Fsp3) is 0.480. The van der Waals surface area contributed by atoms with Crippen molar-refractivity contribution >= 4 is 36.6 Å². The molecule has 1 saturated heterocycles. The molecule has 4 rings (SSSR count). The maximum atomic E-state index is 12.8. The van der Waals surface area contributed by atoms with E-state index in [0.717, 1.165) is 0 Å². The van der Waals surface area contributed by atoms with Crippen molar-refractivity contribution in [3.8, 4) is 0 Å². The number of hydrogen-bond acceptors (Lipinski definition) is 13. The molecule has 0 spiro atoms. The predicted octanol–water partition coefficient (Wildman–Crippen LogP) is -6.73. The largest absolute Gasteiger partial charge is 1.00 e. The van der Waals surface area contributed by atoms with Crippen LogP contribution in [0, 0.1) is 0 Å². The van der Waals surface area contributed by atoms with Crippen molar-refractivity contribution in [2.24, 2.45) is 0 Å². The number of carbonyl (C=O) groups is 2. The number of aromatic amines is 1. The number of hydrogen-bond donors (Lipinski definition) is 3. The molecule has 3 aromatic rings. The van der Waals surface area contributed by atoms with Crippen molar-refractivity contribution in [2.75, 3.05) is 12.3 Å². The van der Waals surface area contributed by atoms with Crippen LogP contribution in [-0.4, -0.2) is 74.4 Å². The van der Waals surface area contributed by atoms with E-state index in [2.05, 4.69) is 15.0 Å². The van der Waals surface area contributed by atoms with Gasteiger partial charge in [0.05, 0.1) is 31.1 Å². The second kappa shape index (κ2) is 16.4. The Labute approximate surface area is 296 Å². The van der Waals surface area contributed by atoms with Gasteiger partial charge in [-0.15, -0.1) is 0 Å². The molecule has 16 nitrogen and oxygen atoms in total. The molecule has 0 saturated carbocycles. The van der Waals surface area contributed by atoms with E-state index in [1.54, 1.807) is 38.8 Å². The molecule has 4 N–H and O–H groups in total.